The highest BCUT2D eigenvalue weighted by Gasteiger charge is 2.06. The largest absolute Gasteiger partial charge is 0.303 e. The van der Waals surface area contributed by atoms with Crippen molar-refractivity contribution in [1.82, 2.24) is 4.90 Å². The van der Waals surface area contributed by atoms with Crippen LogP contribution < -0.4 is 0 Å². The number of unbranched alkanes of at least 4 members (excludes halogenated alkanes) is 17. The van der Waals surface area contributed by atoms with Gasteiger partial charge in [-0.15, -0.1) is 0 Å². The molecule has 0 amide bonds. The van der Waals surface area contributed by atoms with E-state index in [9.17, 15) is 0 Å². The quantitative estimate of drug-likeness (QED) is 0.109. The fourth-order valence-corrected chi connectivity index (χ4v) is 4.99. The summed E-state index contributed by atoms with van der Waals surface area (Å²) in [6.07, 6.45) is 31.9. The Morgan fingerprint density at radius 3 is 0.939 bits per heavy atom. The van der Waals surface area contributed by atoms with Crippen LogP contribution in [-0.4, -0.2) is 24.5 Å². The first-order valence-corrected chi connectivity index (χ1v) is 15.8. The SMILES string of the molecule is CCCCCCCCCCCCCCCCCCN(CCCCC(C)C)CCCCC(C)C. The van der Waals surface area contributed by atoms with Crippen molar-refractivity contribution < 1.29 is 0 Å². The van der Waals surface area contributed by atoms with E-state index < -0.39 is 0 Å². The molecule has 0 rings (SSSR count). The molecule has 0 aliphatic heterocycles. The summed E-state index contributed by atoms with van der Waals surface area (Å²) in [5.41, 5.74) is 0. The minimum Gasteiger partial charge on any atom is -0.303 e. The van der Waals surface area contributed by atoms with Crippen LogP contribution in [0.1, 0.15) is 176 Å². The molecule has 0 radical (unpaired) electrons. The Hall–Kier alpha value is -0.0400. The Kier molecular flexibility index (Phi) is 26.5. The molecule has 0 atom stereocenters. The molecule has 0 N–H and O–H groups in total. The Bertz CT molecular complexity index is 332. The summed E-state index contributed by atoms with van der Waals surface area (Å²) in [6, 6.07) is 0. The monoisotopic (exact) mass is 466 g/mol. The predicted molar refractivity (Wildman–Crippen MR) is 153 cm³/mol. The summed E-state index contributed by atoms with van der Waals surface area (Å²) >= 11 is 0. The maximum atomic E-state index is 2.80. The van der Waals surface area contributed by atoms with Crippen molar-refractivity contribution in [2.24, 2.45) is 11.8 Å². The highest BCUT2D eigenvalue weighted by Crippen LogP contribution is 2.15. The van der Waals surface area contributed by atoms with Gasteiger partial charge in [0.05, 0.1) is 0 Å². The molecule has 33 heavy (non-hydrogen) atoms. The molecule has 0 saturated heterocycles. The fourth-order valence-electron chi connectivity index (χ4n) is 4.99. The molecule has 0 aromatic rings. The van der Waals surface area contributed by atoms with E-state index in [-0.39, 0.29) is 0 Å². The number of hydrogen-bond acceptors (Lipinski definition) is 1. The Labute approximate surface area is 212 Å². The van der Waals surface area contributed by atoms with Crippen molar-refractivity contribution in [3.05, 3.63) is 0 Å². The fraction of sp³-hybridized carbons (Fsp3) is 1.00. The third-order valence-corrected chi connectivity index (χ3v) is 7.34. The molecule has 0 aromatic heterocycles. The van der Waals surface area contributed by atoms with Gasteiger partial charge in [-0.1, -0.05) is 157 Å². The second-order valence-electron chi connectivity index (χ2n) is 11.9. The lowest BCUT2D eigenvalue weighted by Crippen LogP contribution is -2.27. The van der Waals surface area contributed by atoms with Crippen LogP contribution in [0.25, 0.3) is 0 Å². The summed E-state index contributed by atoms with van der Waals surface area (Å²) in [6.45, 7) is 15.8. The van der Waals surface area contributed by atoms with Gasteiger partial charge in [-0.25, -0.2) is 0 Å². The van der Waals surface area contributed by atoms with E-state index in [0.717, 1.165) is 11.8 Å². The van der Waals surface area contributed by atoms with E-state index >= 15 is 0 Å². The molecule has 0 heterocycles. The maximum Gasteiger partial charge on any atom is -0.00187 e. The topological polar surface area (TPSA) is 3.24 Å². The van der Waals surface area contributed by atoms with Gasteiger partial charge in [0.15, 0.2) is 0 Å². The van der Waals surface area contributed by atoms with Crippen LogP contribution >= 0.6 is 0 Å². The van der Waals surface area contributed by atoms with Crippen molar-refractivity contribution in [2.75, 3.05) is 19.6 Å². The van der Waals surface area contributed by atoms with E-state index in [1.54, 1.807) is 0 Å². The van der Waals surface area contributed by atoms with Crippen molar-refractivity contribution >= 4 is 0 Å². The molecule has 0 saturated carbocycles. The van der Waals surface area contributed by atoms with Gasteiger partial charge in [-0.2, -0.15) is 0 Å². The molecule has 1 nitrogen and oxygen atoms in total. The molecule has 200 valence electrons. The van der Waals surface area contributed by atoms with Crippen LogP contribution in [0.4, 0.5) is 0 Å². The average Bonchev–Trinajstić information content (AvgIpc) is 2.78. The van der Waals surface area contributed by atoms with Gasteiger partial charge >= 0.3 is 0 Å². The molecule has 0 aromatic carbocycles. The minimum absolute atomic E-state index is 0.866. The van der Waals surface area contributed by atoms with Crippen LogP contribution in [0, 0.1) is 11.8 Å². The third kappa shape index (κ3) is 28.1. The van der Waals surface area contributed by atoms with E-state index in [1.807, 2.05) is 0 Å². The summed E-state index contributed by atoms with van der Waals surface area (Å²) in [5.74, 6) is 1.73. The molecule has 0 aliphatic rings. The van der Waals surface area contributed by atoms with Gasteiger partial charge in [0, 0.05) is 0 Å². The Morgan fingerprint density at radius 2 is 0.636 bits per heavy atom. The van der Waals surface area contributed by atoms with Gasteiger partial charge in [0.25, 0.3) is 0 Å². The molecule has 0 aliphatic carbocycles. The second kappa shape index (κ2) is 26.6. The Morgan fingerprint density at radius 1 is 0.364 bits per heavy atom. The summed E-state index contributed by atoms with van der Waals surface area (Å²) < 4.78 is 0. The van der Waals surface area contributed by atoms with E-state index in [1.165, 1.54) is 161 Å². The predicted octanol–water partition coefficient (Wildman–Crippen LogP) is 11.2. The van der Waals surface area contributed by atoms with Crippen LogP contribution in [0.5, 0.6) is 0 Å². The molecular weight excluding hydrogens is 398 g/mol. The zero-order chi connectivity index (χ0) is 24.4. The highest BCUT2D eigenvalue weighted by molar-refractivity contribution is 4.61. The van der Waals surface area contributed by atoms with Crippen LogP contribution in [0.2, 0.25) is 0 Å². The van der Waals surface area contributed by atoms with E-state index in [0.29, 0.717) is 0 Å². The van der Waals surface area contributed by atoms with Gasteiger partial charge in [-0.05, 0) is 50.7 Å². The van der Waals surface area contributed by atoms with Crippen LogP contribution in [0.3, 0.4) is 0 Å². The van der Waals surface area contributed by atoms with Gasteiger partial charge < -0.3 is 4.90 Å². The van der Waals surface area contributed by atoms with Crippen molar-refractivity contribution in [1.29, 1.82) is 0 Å². The lowest BCUT2D eigenvalue weighted by Gasteiger charge is -2.23. The summed E-state index contributed by atoms with van der Waals surface area (Å²) in [4.78, 5) is 2.80. The molecular formula is C32H67N. The van der Waals surface area contributed by atoms with Crippen LogP contribution in [0.15, 0.2) is 0 Å². The van der Waals surface area contributed by atoms with Gasteiger partial charge in [0.2, 0.25) is 0 Å². The van der Waals surface area contributed by atoms with Crippen molar-refractivity contribution in [3.8, 4) is 0 Å². The molecule has 1 heteroatoms. The third-order valence-electron chi connectivity index (χ3n) is 7.34. The first-order valence-electron chi connectivity index (χ1n) is 15.8. The van der Waals surface area contributed by atoms with Crippen molar-refractivity contribution in [2.45, 2.75) is 176 Å². The minimum atomic E-state index is 0.866. The first-order chi connectivity index (χ1) is 16.1. The Balaban J connectivity index is 3.58. The van der Waals surface area contributed by atoms with Gasteiger partial charge in [-0.3, -0.25) is 0 Å². The molecule has 0 fully saturated rings. The van der Waals surface area contributed by atoms with E-state index in [4.69, 9.17) is 0 Å². The number of hydrogen-bond donors (Lipinski definition) is 0. The van der Waals surface area contributed by atoms with Crippen molar-refractivity contribution in [3.63, 3.8) is 0 Å². The second-order valence-corrected chi connectivity index (χ2v) is 11.9. The first kappa shape index (κ1) is 33.0. The highest BCUT2D eigenvalue weighted by atomic mass is 15.1. The maximum absolute atomic E-state index is 2.80. The lowest BCUT2D eigenvalue weighted by atomic mass is 10.0. The van der Waals surface area contributed by atoms with Crippen LogP contribution in [-0.2, 0) is 0 Å². The zero-order valence-corrected chi connectivity index (χ0v) is 24.3. The van der Waals surface area contributed by atoms with Gasteiger partial charge in [0.1, 0.15) is 0 Å². The molecule has 0 bridgehead atoms. The summed E-state index contributed by atoms with van der Waals surface area (Å²) in [5, 5.41) is 0. The number of rotatable bonds is 27. The standard InChI is InChI=1S/C32H67N/c1-6-7-8-9-10-11-12-13-14-15-16-17-18-19-20-23-28-33(29-24-21-26-31(2)3)30-25-22-27-32(4)5/h31-32H,6-30H2,1-5H3. The smallest absolute Gasteiger partial charge is 0.00187 e. The normalized spacial score (nSPS) is 12.0. The average molecular weight is 466 g/mol. The molecule has 0 unspecified atom stereocenters. The summed E-state index contributed by atoms with van der Waals surface area (Å²) in [7, 11) is 0. The number of nitrogens with zero attached hydrogens (tertiary/aromatic N) is 1. The lowest BCUT2D eigenvalue weighted by molar-refractivity contribution is 0.251. The molecule has 0 spiro atoms. The zero-order valence-electron chi connectivity index (χ0n) is 24.3. The van der Waals surface area contributed by atoms with E-state index in [2.05, 4.69) is 39.5 Å².